The molecule has 1 saturated carbocycles. The summed E-state index contributed by atoms with van der Waals surface area (Å²) in [6.07, 6.45) is 4.47. The van der Waals surface area contributed by atoms with Crippen molar-refractivity contribution in [2.24, 2.45) is 5.92 Å². The van der Waals surface area contributed by atoms with Crippen LogP contribution in [0.4, 0.5) is 5.69 Å². The summed E-state index contributed by atoms with van der Waals surface area (Å²) < 4.78 is 5.81. The summed E-state index contributed by atoms with van der Waals surface area (Å²) in [5.74, 6) is 5.31. The van der Waals surface area contributed by atoms with Gasteiger partial charge < -0.3 is 9.73 Å². The zero-order chi connectivity index (χ0) is 18.6. The molecule has 1 aromatic carbocycles. The number of hydrogen-bond acceptors (Lipinski definition) is 4. The number of carbonyl (C=O) groups is 1. The van der Waals surface area contributed by atoms with E-state index in [1.54, 1.807) is 6.08 Å². The first-order valence-corrected chi connectivity index (χ1v) is 10.8. The second kappa shape index (κ2) is 8.36. The van der Waals surface area contributed by atoms with Gasteiger partial charge in [0.1, 0.15) is 11.5 Å². The number of nitrogens with one attached hydrogen (secondary N) is 1. The first kappa shape index (κ1) is 18.4. The van der Waals surface area contributed by atoms with Crippen molar-refractivity contribution in [1.82, 2.24) is 4.90 Å². The van der Waals surface area contributed by atoms with Crippen molar-refractivity contribution in [3.63, 3.8) is 0 Å². The fourth-order valence-corrected chi connectivity index (χ4v) is 4.46. The molecular weight excluding hydrogens is 356 g/mol. The van der Waals surface area contributed by atoms with Crippen molar-refractivity contribution < 1.29 is 9.21 Å². The minimum Gasteiger partial charge on any atom is -0.461 e. The lowest BCUT2D eigenvalue weighted by Gasteiger charge is -2.26. The molecule has 2 aliphatic rings. The summed E-state index contributed by atoms with van der Waals surface area (Å²) in [5, 5.41) is 2.95. The Morgan fingerprint density at radius 2 is 2.11 bits per heavy atom. The fraction of sp³-hybridized carbons (Fsp3) is 0.409. The Hall–Kier alpha value is -1.98. The van der Waals surface area contributed by atoms with E-state index in [0.29, 0.717) is 11.8 Å². The lowest BCUT2D eigenvalue weighted by molar-refractivity contribution is -0.111. The standard InChI is InChI=1S/C22H26N2O2S/c1-16-13-20(16)21-7-5-19(26-21)6-8-22(25)23-18-4-2-3-17(14-18)15-24-9-11-27-12-10-24/h2-8,14,16,20H,9-13,15H2,1H3,(H,23,25)/b8-6+. The van der Waals surface area contributed by atoms with E-state index in [2.05, 4.69) is 29.3 Å². The predicted molar refractivity (Wildman–Crippen MR) is 112 cm³/mol. The predicted octanol–water partition coefficient (Wildman–Crippen LogP) is 4.60. The van der Waals surface area contributed by atoms with Crippen molar-refractivity contribution in [3.8, 4) is 0 Å². The van der Waals surface area contributed by atoms with Gasteiger partial charge >= 0.3 is 0 Å². The molecule has 0 radical (unpaired) electrons. The second-order valence-corrected chi connectivity index (χ2v) is 8.70. The van der Waals surface area contributed by atoms with E-state index in [1.807, 2.05) is 36.0 Å². The maximum absolute atomic E-state index is 12.2. The summed E-state index contributed by atoms with van der Waals surface area (Å²) in [6.45, 7) is 5.44. The van der Waals surface area contributed by atoms with Gasteiger partial charge in [-0.2, -0.15) is 11.8 Å². The first-order chi connectivity index (χ1) is 13.2. The zero-order valence-electron chi connectivity index (χ0n) is 15.7. The van der Waals surface area contributed by atoms with Gasteiger partial charge in [0, 0.05) is 48.8 Å². The van der Waals surface area contributed by atoms with E-state index >= 15 is 0 Å². The van der Waals surface area contributed by atoms with Gasteiger partial charge in [0.15, 0.2) is 0 Å². The van der Waals surface area contributed by atoms with Gasteiger partial charge in [-0.1, -0.05) is 19.1 Å². The van der Waals surface area contributed by atoms with Crippen LogP contribution in [0.3, 0.4) is 0 Å². The molecule has 1 saturated heterocycles. The molecule has 2 fully saturated rings. The molecule has 142 valence electrons. The number of amides is 1. The lowest BCUT2D eigenvalue weighted by atomic mass is 10.2. The van der Waals surface area contributed by atoms with E-state index in [9.17, 15) is 4.79 Å². The maximum atomic E-state index is 12.2. The van der Waals surface area contributed by atoms with Crippen molar-refractivity contribution in [2.75, 3.05) is 29.9 Å². The highest BCUT2D eigenvalue weighted by Crippen LogP contribution is 2.47. The van der Waals surface area contributed by atoms with Crippen LogP contribution in [-0.2, 0) is 11.3 Å². The van der Waals surface area contributed by atoms with Gasteiger partial charge in [-0.3, -0.25) is 9.69 Å². The average molecular weight is 383 g/mol. The summed E-state index contributed by atoms with van der Waals surface area (Å²) in [7, 11) is 0. The average Bonchev–Trinajstić information content (AvgIpc) is 3.21. The number of anilines is 1. The smallest absolute Gasteiger partial charge is 0.248 e. The third-order valence-corrected chi connectivity index (χ3v) is 6.17. The van der Waals surface area contributed by atoms with Gasteiger partial charge in [-0.25, -0.2) is 0 Å². The number of thioether (sulfide) groups is 1. The highest BCUT2D eigenvalue weighted by atomic mass is 32.2. The van der Waals surface area contributed by atoms with Crippen LogP contribution in [0.15, 0.2) is 46.9 Å². The quantitative estimate of drug-likeness (QED) is 0.742. The molecule has 2 aromatic rings. The van der Waals surface area contributed by atoms with Gasteiger partial charge in [0.2, 0.25) is 5.91 Å². The van der Waals surface area contributed by atoms with Gasteiger partial charge in [-0.05, 0) is 48.2 Å². The van der Waals surface area contributed by atoms with Crippen LogP contribution in [-0.4, -0.2) is 35.4 Å². The molecule has 4 nitrogen and oxygen atoms in total. The van der Waals surface area contributed by atoms with Crippen molar-refractivity contribution in [3.05, 3.63) is 59.6 Å². The minimum atomic E-state index is -0.140. The van der Waals surface area contributed by atoms with Crippen LogP contribution >= 0.6 is 11.8 Å². The molecule has 2 heterocycles. The van der Waals surface area contributed by atoms with E-state index in [-0.39, 0.29) is 5.91 Å². The molecule has 4 rings (SSSR count). The Labute approximate surface area is 165 Å². The second-order valence-electron chi connectivity index (χ2n) is 7.47. The SMILES string of the molecule is CC1CC1c1ccc(/C=C/C(=O)Nc2cccc(CN3CCSCC3)c2)o1. The molecule has 2 atom stereocenters. The number of hydrogen-bond donors (Lipinski definition) is 1. The molecule has 5 heteroatoms. The summed E-state index contributed by atoms with van der Waals surface area (Å²) in [5.41, 5.74) is 2.07. The monoisotopic (exact) mass is 382 g/mol. The molecule has 1 aliphatic heterocycles. The molecule has 2 unspecified atom stereocenters. The third-order valence-electron chi connectivity index (χ3n) is 5.23. The van der Waals surface area contributed by atoms with E-state index < -0.39 is 0 Å². The van der Waals surface area contributed by atoms with Crippen molar-refractivity contribution >= 4 is 29.4 Å². The van der Waals surface area contributed by atoms with Crippen LogP contribution < -0.4 is 5.32 Å². The molecule has 0 bridgehead atoms. The van der Waals surface area contributed by atoms with E-state index in [0.717, 1.165) is 36.8 Å². The maximum Gasteiger partial charge on any atom is 0.248 e. The summed E-state index contributed by atoms with van der Waals surface area (Å²) in [6, 6.07) is 12.1. The fourth-order valence-electron chi connectivity index (χ4n) is 3.48. The highest BCUT2D eigenvalue weighted by Gasteiger charge is 2.36. The molecular formula is C22H26N2O2S. The first-order valence-electron chi connectivity index (χ1n) is 9.65. The Morgan fingerprint density at radius 1 is 1.30 bits per heavy atom. The number of nitrogens with zero attached hydrogens (tertiary/aromatic N) is 1. The normalized spacial score (nSPS) is 22.9. The van der Waals surface area contributed by atoms with Crippen LogP contribution in [0.25, 0.3) is 6.08 Å². The number of benzene rings is 1. The van der Waals surface area contributed by atoms with Crippen LogP contribution in [0.5, 0.6) is 0 Å². The van der Waals surface area contributed by atoms with Crippen LogP contribution in [0, 0.1) is 5.92 Å². The molecule has 1 amide bonds. The van der Waals surface area contributed by atoms with Crippen molar-refractivity contribution in [2.45, 2.75) is 25.8 Å². The zero-order valence-corrected chi connectivity index (χ0v) is 16.5. The lowest BCUT2D eigenvalue weighted by Crippen LogP contribution is -2.31. The summed E-state index contributed by atoms with van der Waals surface area (Å²) >= 11 is 2.02. The minimum absolute atomic E-state index is 0.140. The molecule has 1 N–H and O–H groups in total. The Morgan fingerprint density at radius 3 is 2.89 bits per heavy atom. The van der Waals surface area contributed by atoms with E-state index in [1.165, 1.54) is 29.6 Å². The largest absolute Gasteiger partial charge is 0.461 e. The Bertz CT molecular complexity index is 823. The topological polar surface area (TPSA) is 45.5 Å². The third kappa shape index (κ3) is 5.05. The van der Waals surface area contributed by atoms with Gasteiger partial charge in [0.25, 0.3) is 0 Å². The molecule has 0 spiro atoms. The van der Waals surface area contributed by atoms with Crippen molar-refractivity contribution in [1.29, 1.82) is 0 Å². The highest BCUT2D eigenvalue weighted by molar-refractivity contribution is 7.99. The van der Waals surface area contributed by atoms with Gasteiger partial charge in [0.05, 0.1) is 0 Å². The number of carbonyl (C=O) groups excluding carboxylic acids is 1. The van der Waals surface area contributed by atoms with Crippen LogP contribution in [0.1, 0.15) is 36.3 Å². The number of rotatable bonds is 6. The Balaban J connectivity index is 1.32. The van der Waals surface area contributed by atoms with E-state index in [4.69, 9.17) is 4.42 Å². The number of furan rings is 1. The van der Waals surface area contributed by atoms with Gasteiger partial charge in [-0.15, -0.1) is 0 Å². The summed E-state index contributed by atoms with van der Waals surface area (Å²) in [4.78, 5) is 14.7. The molecule has 1 aromatic heterocycles. The van der Waals surface area contributed by atoms with Crippen LogP contribution in [0.2, 0.25) is 0 Å². The molecule has 27 heavy (non-hydrogen) atoms. The molecule has 1 aliphatic carbocycles. The Kier molecular flexibility index (Phi) is 5.69.